The van der Waals surface area contributed by atoms with E-state index in [1.54, 1.807) is 19.0 Å². The molecule has 2 rings (SSSR count). The highest BCUT2D eigenvalue weighted by Crippen LogP contribution is 2.24. The number of carbonyl (C=O) groups excluding carboxylic acids is 1. The Morgan fingerprint density at radius 1 is 1.25 bits per heavy atom. The third-order valence-corrected chi connectivity index (χ3v) is 3.11. The van der Waals surface area contributed by atoms with Crippen molar-refractivity contribution in [3.05, 3.63) is 24.3 Å². The normalized spacial score (nSPS) is 10.6. The molecule has 0 unspecified atom stereocenters. The Kier molecular flexibility index (Phi) is 4.02. The Bertz CT molecular complexity index is 626. The van der Waals surface area contributed by atoms with Crippen LogP contribution >= 0.6 is 0 Å². The molecule has 0 spiro atoms. The number of anilines is 2. The number of nitrogens with two attached hydrogens (primary N) is 1. The molecule has 1 amide bonds. The number of nitrogens with zero attached hydrogens (tertiary/aromatic N) is 4. The number of para-hydroxylation sites is 1. The van der Waals surface area contributed by atoms with Crippen LogP contribution in [0.25, 0.3) is 10.9 Å². The van der Waals surface area contributed by atoms with Crippen LogP contribution in [0.2, 0.25) is 0 Å². The van der Waals surface area contributed by atoms with Gasteiger partial charge in [-0.25, -0.2) is 4.98 Å². The highest BCUT2D eigenvalue weighted by molar-refractivity contribution is 5.92. The lowest BCUT2D eigenvalue weighted by molar-refractivity contribution is -0.127. The van der Waals surface area contributed by atoms with E-state index in [2.05, 4.69) is 9.97 Å². The SMILES string of the molecule is CCN(CC(=O)N(C)C)c1nc(N)nc2ccccc12. The van der Waals surface area contributed by atoms with E-state index in [1.807, 2.05) is 36.1 Å². The van der Waals surface area contributed by atoms with Gasteiger partial charge in [-0.2, -0.15) is 4.98 Å². The number of hydrogen-bond donors (Lipinski definition) is 1. The van der Waals surface area contributed by atoms with Crippen LogP contribution < -0.4 is 10.6 Å². The molecular formula is C14H19N5O. The van der Waals surface area contributed by atoms with Gasteiger partial charge in [0.25, 0.3) is 0 Å². The highest BCUT2D eigenvalue weighted by Gasteiger charge is 2.16. The monoisotopic (exact) mass is 273 g/mol. The molecule has 0 radical (unpaired) electrons. The van der Waals surface area contributed by atoms with Crippen molar-refractivity contribution in [1.82, 2.24) is 14.9 Å². The molecule has 0 saturated carbocycles. The number of nitrogen functional groups attached to an aromatic ring is 1. The molecule has 0 aliphatic carbocycles. The molecule has 0 bridgehead atoms. The summed E-state index contributed by atoms with van der Waals surface area (Å²) in [6.07, 6.45) is 0. The van der Waals surface area contributed by atoms with Crippen LogP contribution in [-0.2, 0) is 4.79 Å². The molecule has 1 aromatic carbocycles. The van der Waals surface area contributed by atoms with Crippen LogP contribution in [0.5, 0.6) is 0 Å². The number of amides is 1. The molecule has 0 atom stereocenters. The summed E-state index contributed by atoms with van der Waals surface area (Å²) in [6, 6.07) is 7.65. The van der Waals surface area contributed by atoms with Crippen LogP contribution in [0, 0.1) is 0 Å². The Morgan fingerprint density at radius 3 is 2.60 bits per heavy atom. The second kappa shape index (κ2) is 5.73. The van der Waals surface area contributed by atoms with Gasteiger partial charge < -0.3 is 15.5 Å². The standard InChI is InChI=1S/C14H19N5O/c1-4-19(9-12(20)18(2)3)13-10-7-5-6-8-11(10)16-14(15)17-13/h5-8H,4,9H2,1-3H3,(H2,15,16,17). The average molecular weight is 273 g/mol. The zero-order valence-corrected chi connectivity index (χ0v) is 12.0. The average Bonchev–Trinajstić information content (AvgIpc) is 2.43. The Balaban J connectivity index is 2.46. The summed E-state index contributed by atoms with van der Waals surface area (Å²) in [5, 5.41) is 0.898. The van der Waals surface area contributed by atoms with Crippen LogP contribution in [0.3, 0.4) is 0 Å². The first-order chi connectivity index (χ1) is 9.52. The molecule has 0 fully saturated rings. The molecule has 106 valence electrons. The Labute approximate surface area is 118 Å². The molecule has 2 aromatic rings. The number of likely N-dealkylation sites (N-methyl/N-ethyl adjacent to an activating group) is 2. The summed E-state index contributed by atoms with van der Waals surface area (Å²) in [6.45, 7) is 2.92. The van der Waals surface area contributed by atoms with Crippen LogP contribution in [0.4, 0.5) is 11.8 Å². The van der Waals surface area contributed by atoms with Gasteiger partial charge in [-0.05, 0) is 19.1 Å². The van der Waals surface area contributed by atoms with Crippen molar-refractivity contribution >= 4 is 28.6 Å². The van der Waals surface area contributed by atoms with Crippen LogP contribution in [0.15, 0.2) is 24.3 Å². The van der Waals surface area contributed by atoms with Gasteiger partial charge in [-0.15, -0.1) is 0 Å². The zero-order valence-electron chi connectivity index (χ0n) is 12.0. The molecule has 1 heterocycles. The number of aromatic nitrogens is 2. The maximum Gasteiger partial charge on any atom is 0.241 e. The summed E-state index contributed by atoms with van der Waals surface area (Å²) in [5.41, 5.74) is 6.55. The fourth-order valence-electron chi connectivity index (χ4n) is 1.96. The number of benzene rings is 1. The lowest BCUT2D eigenvalue weighted by Crippen LogP contribution is -2.37. The first kappa shape index (κ1) is 14.0. The van der Waals surface area contributed by atoms with Gasteiger partial charge in [0.15, 0.2) is 0 Å². The van der Waals surface area contributed by atoms with Crippen molar-refractivity contribution in [3.63, 3.8) is 0 Å². The van der Waals surface area contributed by atoms with Gasteiger partial charge in [-0.3, -0.25) is 4.79 Å². The molecule has 2 N–H and O–H groups in total. The van der Waals surface area contributed by atoms with E-state index in [9.17, 15) is 4.79 Å². The Morgan fingerprint density at radius 2 is 1.95 bits per heavy atom. The summed E-state index contributed by atoms with van der Waals surface area (Å²) < 4.78 is 0. The molecule has 6 heteroatoms. The van der Waals surface area contributed by atoms with Crippen molar-refractivity contribution in [3.8, 4) is 0 Å². The molecular weight excluding hydrogens is 254 g/mol. The van der Waals surface area contributed by atoms with Crippen molar-refractivity contribution in [2.24, 2.45) is 0 Å². The number of fused-ring (bicyclic) bond motifs is 1. The minimum absolute atomic E-state index is 0.0214. The van der Waals surface area contributed by atoms with Gasteiger partial charge in [0.05, 0.1) is 12.1 Å². The van der Waals surface area contributed by atoms with E-state index in [0.717, 1.165) is 10.9 Å². The lowest BCUT2D eigenvalue weighted by Gasteiger charge is -2.24. The fraction of sp³-hybridized carbons (Fsp3) is 0.357. The van der Waals surface area contributed by atoms with Gasteiger partial charge in [0.2, 0.25) is 11.9 Å². The molecule has 1 aromatic heterocycles. The largest absolute Gasteiger partial charge is 0.368 e. The van der Waals surface area contributed by atoms with Gasteiger partial charge in [0.1, 0.15) is 5.82 Å². The predicted octanol–water partition coefficient (Wildman–Crippen LogP) is 1.13. The minimum Gasteiger partial charge on any atom is -0.368 e. The molecule has 0 saturated heterocycles. The summed E-state index contributed by atoms with van der Waals surface area (Å²) >= 11 is 0. The zero-order chi connectivity index (χ0) is 14.7. The van der Waals surface area contributed by atoms with Crippen LogP contribution in [0.1, 0.15) is 6.92 Å². The van der Waals surface area contributed by atoms with Crippen molar-refractivity contribution in [2.45, 2.75) is 6.92 Å². The van der Waals surface area contributed by atoms with Crippen molar-refractivity contribution in [1.29, 1.82) is 0 Å². The van der Waals surface area contributed by atoms with E-state index in [-0.39, 0.29) is 18.4 Å². The van der Waals surface area contributed by atoms with Crippen molar-refractivity contribution in [2.75, 3.05) is 37.8 Å². The smallest absolute Gasteiger partial charge is 0.241 e. The maximum absolute atomic E-state index is 11.9. The van der Waals surface area contributed by atoms with E-state index < -0.39 is 0 Å². The third kappa shape index (κ3) is 2.79. The maximum atomic E-state index is 11.9. The van der Waals surface area contributed by atoms with E-state index in [1.165, 1.54) is 0 Å². The van der Waals surface area contributed by atoms with Gasteiger partial charge in [-0.1, -0.05) is 12.1 Å². The number of rotatable bonds is 4. The number of hydrogen-bond acceptors (Lipinski definition) is 5. The second-order valence-electron chi connectivity index (χ2n) is 4.72. The summed E-state index contributed by atoms with van der Waals surface area (Å²) in [5.74, 6) is 0.938. The van der Waals surface area contributed by atoms with Crippen LogP contribution in [-0.4, -0.2) is 48.0 Å². The first-order valence-electron chi connectivity index (χ1n) is 6.50. The van der Waals surface area contributed by atoms with E-state index in [4.69, 9.17) is 5.73 Å². The second-order valence-corrected chi connectivity index (χ2v) is 4.72. The fourth-order valence-corrected chi connectivity index (χ4v) is 1.96. The predicted molar refractivity (Wildman–Crippen MR) is 80.5 cm³/mol. The molecule has 0 aliphatic rings. The molecule has 0 aliphatic heterocycles. The first-order valence-corrected chi connectivity index (χ1v) is 6.50. The van der Waals surface area contributed by atoms with Gasteiger partial charge >= 0.3 is 0 Å². The topological polar surface area (TPSA) is 75.4 Å². The highest BCUT2D eigenvalue weighted by atomic mass is 16.2. The van der Waals surface area contributed by atoms with E-state index >= 15 is 0 Å². The quantitative estimate of drug-likeness (QED) is 0.903. The summed E-state index contributed by atoms with van der Waals surface area (Å²) in [4.78, 5) is 23.9. The van der Waals surface area contributed by atoms with Crippen molar-refractivity contribution < 1.29 is 4.79 Å². The lowest BCUT2D eigenvalue weighted by atomic mass is 10.2. The van der Waals surface area contributed by atoms with Gasteiger partial charge in [0, 0.05) is 26.0 Å². The third-order valence-electron chi connectivity index (χ3n) is 3.11. The summed E-state index contributed by atoms with van der Waals surface area (Å²) in [7, 11) is 3.48. The Hall–Kier alpha value is -2.37. The van der Waals surface area contributed by atoms with E-state index in [0.29, 0.717) is 12.4 Å². The minimum atomic E-state index is 0.0214. The molecule has 6 nitrogen and oxygen atoms in total. The molecule has 20 heavy (non-hydrogen) atoms. The number of carbonyl (C=O) groups is 1.